The van der Waals surface area contributed by atoms with Crippen molar-refractivity contribution in [1.82, 2.24) is 19.7 Å². The fraction of sp³-hybridized carbons (Fsp3) is 0.250. The third-order valence-corrected chi connectivity index (χ3v) is 6.24. The monoisotopic (exact) mass is 398 g/mol. The van der Waals surface area contributed by atoms with Crippen LogP contribution in [0.3, 0.4) is 0 Å². The molecule has 0 N–H and O–H groups in total. The highest BCUT2D eigenvalue weighted by molar-refractivity contribution is 7.98. The van der Waals surface area contributed by atoms with E-state index in [2.05, 4.69) is 35.1 Å². The summed E-state index contributed by atoms with van der Waals surface area (Å²) in [5, 5.41) is 10.5. The van der Waals surface area contributed by atoms with Crippen molar-refractivity contribution in [3.63, 3.8) is 0 Å². The first kappa shape index (κ1) is 18.1. The molecule has 0 unspecified atom stereocenters. The van der Waals surface area contributed by atoms with Gasteiger partial charge in [0.25, 0.3) is 0 Å². The Morgan fingerprint density at radius 2 is 1.85 bits per heavy atom. The number of thiazole rings is 1. The van der Waals surface area contributed by atoms with Gasteiger partial charge in [-0.3, -0.25) is 0 Å². The first-order chi connectivity index (χ1) is 13.1. The Morgan fingerprint density at radius 1 is 1.07 bits per heavy atom. The van der Waals surface area contributed by atoms with E-state index < -0.39 is 0 Å². The molecule has 0 radical (unpaired) electrons. The molecule has 2 aromatic heterocycles. The fourth-order valence-corrected chi connectivity index (χ4v) is 4.78. The van der Waals surface area contributed by atoms with Gasteiger partial charge in [0.05, 0.1) is 21.5 Å². The molecule has 0 aliphatic heterocycles. The molecule has 138 valence electrons. The molecule has 2 aromatic carbocycles. The van der Waals surface area contributed by atoms with Gasteiger partial charge in [0.1, 0.15) is 10.8 Å². The Labute approximate surface area is 165 Å². The summed E-state index contributed by atoms with van der Waals surface area (Å²) in [7, 11) is 0. The molecular weight excluding hydrogens is 379 g/mol. The van der Waals surface area contributed by atoms with E-state index in [-0.39, 0.29) is 5.82 Å². The summed E-state index contributed by atoms with van der Waals surface area (Å²) in [5.74, 6) is 1.41. The zero-order chi connectivity index (χ0) is 18.8. The van der Waals surface area contributed by atoms with Gasteiger partial charge in [-0.05, 0) is 30.2 Å². The predicted molar refractivity (Wildman–Crippen MR) is 109 cm³/mol. The van der Waals surface area contributed by atoms with Crippen LogP contribution < -0.4 is 0 Å². The summed E-state index contributed by atoms with van der Waals surface area (Å²) in [6.07, 6.45) is 0. The van der Waals surface area contributed by atoms with Crippen LogP contribution in [0, 0.1) is 11.7 Å². The molecule has 0 saturated heterocycles. The number of fused-ring (bicyclic) bond motifs is 1. The van der Waals surface area contributed by atoms with Crippen LogP contribution in [0.4, 0.5) is 4.39 Å². The lowest BCUT2D eigenvalue weighted by molar-refractivity contribution is 0.496. The molecule has 0 atom stereocenters. The second-order valence-corrected chi connectivity index (χ2v) is 8.71. The molecule has 0 aliphatic rings. The van der Waals surface area contributed by atoms with Crippen LogP contribution in [0.1, 0.15) is 18.9 Å². The lowest BCUT2D eigenvalue weighted by Crippen LogP contribution is -2.08. The van der Waals surface area contributed by atoms with Crippen LogP contribution in [-0.2, 0) is 12.3 Å². The van der Waals surface area contributed by atoms with Crippen molar-refractivity contribution in [2.24, 2.45) is 5.92 Å². The molecule has 4 nitrogen and oxygen atoms in total. The quantitative estimate of drug-likeness (QED) is 0.394. The molecule has 4 rings (SSSR count). The van der Waals surface area contributed by atoms with Gasteiger partial charge in [-0.25, -0.2) is 9.37 Å². The SMILES string of the molecule is CC(C)Cn1c(SCc2nc3ccccc3s2)nnc1-c1ccccc1F. The van der Waals surface area contributed by atoms with Crippen LogP contribution in [-0.4, -0.2) is 19.7 Å². The van der Waals surface area contributed by atoms with E-state index in [4.69, 9.17) is 0 Å². The van der Waals surface area contributed by atoms with Crippen molar-refractivity contribution < 1.29 is 4.39 Å². The van der Waals surface area contributed by atoms with Gasteiger partial charge in [-0.15, -0.1) is 21.5 Å². The summed E-state index contributed by atoms with van der Waals surface area (Å²) < 4.78 is 17.5. The number of rotatable bonds is 6. The van der Waals surface area contributed by atoms with Gasteiger partial charge in [0.15, 0.2) is 11.0 Å². The Balaban J connectivity index is 1.63. The van der Waals surface area contributed by atoms with Crippen LogP contribution in [0.25, 0.3) is 21.6 Å². The molecular formula is C20H19FN4S2. The van der Waals surface area contributed by atoms with E-state index in [1.165, 1.54) is 10.8 Å². The van der Waals surface area contributed by atoms with Gasteiger partial charge < -0.3 is 4.57 Å². The van der Waals surface area contributed by atoms with E-state index in [1.807, 2.05) is 28.8 Å². The van der Waals surface area contributed by atoms with Crippen LogP contribution in [0.5, 0.6) is 0 Å². The Kier molecular flexibility index (Phi) is 5.22. The Morgan fingerprint density at radius 3 is 2.63 bits per heavy atom. The highest BCUT2D eigenvalue weighted by Gasteiger charge is 2.18. The molecule has 0 aliphatic carbocycles. The van der Waals surface area contributed by atoms with E-state index in [1.54, 1.807) is 35.2 Å². The third kappa shape index (κ3) is 3.89. The molecule has 4 aromatic rings. The zero-order valence-corrected chi connectivity index (χ0v) is 16.7. The molecule has 2 heterocycles. The van der Waals surface area contributed by atoms with E-state index in [0.717, 1.165) is 22.2 Å². The second-order valence-electron chi connectivity index (χ2n) is 6.65. The first-order valence-corrected chi connectivity index (χ1v) is 10.6. The van der Waals surface area contributed by atoms with Gasteiger partial charge in [0, 0.05) is 6.54 Å². The van der Waals surface area contributed by atoms with Crippen LogP contribution in [0.15, 0.2) is 53.7 Å². The summed E-state index contributed by atoms with van der Waals surface area (Å²) in [6.45, 7) is 5.00. The highest BCUT2D eigenvalue weighted by Crippen LogP contribution is 2.31. The predicted octanol–water partition coefficient (Wildman–Crippen LogP) is 5.64. The van der Waals surface area contributed by atoms with Crippen LogP contribution >= 0.6 is 23.1 Å². The van der Waals surface area contributed by atoms with Crippen LogP contribution in [0.2, 0.25) is 0 Å². The number of aromatic nitrogens is 4. The normalized spacial score (nSPS) is 11.6. The van der Waals surface area contributed by atoms with Gasteiger partial charge >= 0.3 is 0 Å². The molecule has 0 amide bonds. The van der Waals surface area contributed by atoms with E-state index in [9.17, 15) is 4.39 Å². The number of nitrogens with zero attached hydrogens (tertiary/aromatic N) is 4. The summed E-state index contributed by atoms with van der Waals surface area (Å²) in [5.41, 5.74) is 1.51. The standard InChI is InChI=1S/C20H19FN4S2/c1-13(2)11-25-19(14-7-3-4-8-15(14)21)23-24-20(25)26-12-18-22-16-9-5-6-10-17(16)27-18/h3-10,13H,11-12H2,1-2H3. The largest absolute Gasteiger partial charge is 0.302 e. The number of halogens is 1. The van der Waals surface area contributed by atoms with Crippen molar-refractivity contribution in [3.05, 3.63) is 59.4 Å². The first-order valence-electron chi connectivity index (χ1n) is 8.77. The molecule has 0 fully saturated rings. The molecule has 0 spiro atoms. The maximum atomic E-state index is 14.3. The lowest BCUT2D eigenvalue weighted by Gasteiger charge is -2.12. The van der Waals surface area contributed by atoms with Crippen molar-refractivity contribution in [2.75, 3.05) is 0 Å². The minimum Gasteiger partial charge on any atom is -0.302 e. The summed E-state index contributed by atoms with van der Waals surface area (Å²) in [6, 6.07) is 14.8. The van der Waals surface area contributed by atoms with Crippen molar-refractivity contribution >= 4 is 33.3 Å². The molecule has 27 heavy (non-hydrogen) atoms. The summed E-state index contributed by atoms with van der Waals surface area (Å²) >= 11 is 3.29. The lowest BCUT2D eigenvalue weighted by atomic mass is 10.2. The summed E-state index contributed by atoms with van der Waals surface area (Å²) in [4.78, 5) is 4.68. The maximum absolute atomic E-state index is 14.3. The number of benzene rings is 2. The smallest absolute Gasteiger partial charge is 0.191 e. The van der Waals surface area contributed by atoms with Crippen molar-refractivity contribution in [3.8, 4) is 11.4 Å². The topological polar surface area (TPSA) is 43.6 Å². The van der Waals surface area contributed by atoms with Crippen molar-refractivity contribution in [1.29, 1.82) is 0 Å². The maximum Gasteiger partial charge on any atom is 0.191 e. The fourth-order valence-electron chi connectivity index (χ4n) is 2.87. The average molecular weight is 399 g/mol. The average Bonchev–Trinajstić information content (AvgIpc) is 3.23. The number of para-hydroxylation sites is 1. The van der Waals surface area contributed by atoms with Gasteiger partial charge in [-0.1, -0.05) is 49.9 Å². The number of hydrogen-bond donors (Lipinski definition) is 0. The molecule has 0 saturated carbocycles. The number of thioether (sulfide) groups is 1. The van der Waals surface area contributed by atoms with E-state index in [0.29, 0.717) is 23.1 Å². The second kappa shape index (κ2) is 7.78. The molecule has 0 bridgehead atoms. The van der Waals surface area contributed by atoms with Crippen molar-refractivity contribution in [2.45, 2.75) is 31.3 Å². The Hall–Kier alpha value is -2.25. The minimum atomic E-state index is -0.280. The van der Waals surface area contributed by atoms with Gasteiger partial charge in [0.2, 0.25) is 0 Å². The molecule has 7 heteroatoms. The highest BCUT2D eigenvalue weighted by atomic mass is 32.2. The zero-order valence-electron chi connectivity index (χ0n) is 15.1. The third-order valence-electron chi connectivity index (χ3n) is 4.04. The Bertz CT molecular complexity index is 1040. The minimum absolute atomic E-state index is 0.280. The van der Waals surface area contributed by atoms with E-state index >= 15 is 0 Å². The van der Waals surface area contributed by atoms with Gasteiger partial charge in [-0.2, -0.15) is 0 Å². The number of hydrogen-bond acceptors (Lipinski definition) is 5.